The Morgan fingerprint density at radius 2 is 2.39 bits per heavy atom. The molecule has 1 N–H and O–H groups in total. The van der Waals surface area contributed by atoms with E-state index >= 15 is 0 Å². The molecule has 0 bridgehead atoms. The van der Waals surface area contributed by atoms with E-state index in [1.54, 1.807) is 0 Å². The van der Waals surface area contributed by atoms with Crippen LogP contribution in [0.3, 0.4) is 0 Å². The average molecular weight is 274 g/mol. The number of aromatic hydroxyl groups is 1. The van der Waals surface area contributed by atoms with Crippen molar-refractivity contribution in [3.05, 3.63) is 29.6 Å². The summed E-state index contributed by atoms with van der Waals surface area (Å²) in [5.74, 6) is -1.44. The van der Waals surface area contributed by atoms with Gasteiger partial charge in [0.2, 0.25) is 0 Å². The Hall–Kier alpha value is -1.33. The number of phenolic OH excluding ortho intramolecular Hbond substituents is 1. The van der Waals surface area contributed by atoms with Crippen LogP contribution in [0.25, 0.3) is 0 Å². The summed E-state index contributed by atoms with van der Waals surface area (Å²) in [6.45, 7) is 1.04. The van der Waals surface area contributed by atoms with Crippen LogP contribution in [0.2, 0.25) is 0 Å². The molecular formula is C12H13ClFNO3. The van der Waals surface area contributed by atoms with Gasteiger partial charge in [0.25, 0.3) is 5.91 Å². The predicted octanol–water partition coefficient (Wildman–Crippen LogP) is 1.61. The second-order valence-corrected chi connectivity index (χ2v) is 4.32. The first-order valence-corrected chi connectivity index (χ1v) is 6.10. The van der Waals surface area contributed by atoms with Gasteiger partial charge in [0, 0.05) is 12.4 Å². The molecule has 98 valence electrons. The van der Waals surface area contributed by atoms with Gasteiger partial charge in [-0.25, -0.2) is 4.39 Å². The normalized spacial score (nSPS) is 19.9. The van der Waals surface area contributed by atoms with Gasteiger partial charge in [0.05, 0.1) is 19.3 Å². The molecule has 1 aliphatic rings. The molecule has 1 fully saturated rings. The van der Waals surface area contributed by atoms with Crippen LogP contribution in [-0.4, -0.2) is 47.6 Å². The lowest BCUT2D eigenvalue weighted by molar-refractivity contribution is 0.00416. The van der Waals surface area contributed by atoms with Crippen molar-refractivity contribution in [3.8, 4) is 5.75 Å². The highest BCUT2D eigenvalue weighted by atomic mass is 35.5. The van der Waals surface area contributed by atoms with Gasteiger partial charge in [-0.2, -0.15) is 0 Å². The van der Waals surface area contributed by atoms with Gasteiger partial charge in [0.1, 0.15) is 17.1 Å². The Balaban J connectivity index is 2.30. The molecule has 0 aliphatic carbocycles. The maximum atomic E-state index is 13.6. The minimum Gasteiger partial charge on any atom is -0.507 e. The maximum Gasteiger partial charge on any atom is 0.261 e. The number of nitrogens with zero attached hydrogens (tertiary/aromatic N) is 1. The molecule has 1 atom stereocenters. The third-order valence-corrected chi connectivity index (χ3v) is 3.23. The van der Waals surface area contributed by atoms with Crippen LogP contribution in [0.15, 0.2) is 18.2 Å². The molecule has 1 amide bonds. The van der Waals surface area contributed by atoms with Gasteiger partial charge in [-0.3, -0.25) is 4.79 Å². The number of halogens is 2. The molecule has 6 heteroatoms. The molecule has 0 saturated carbocycles. The largest absolute Gasteiger partial charge is 0.507 e. The topological polar surface area (TPSA) is 49.8 Å². The number of carbonyl (C=O) groups excluding carboxylic acids is 1. The molecule has 1 unspecified atom stereocenters. The zero-order chi connectivity index (χ0) is 13.1. The Labute approximate surface area is 109 Å². The SMILES string of the molecule is O=C(c1c(O)cccc1F)N1CCOCC1CCl. The lowest BCUT2D eigenvalue weighted by Crippen LogP contribution is -2.49. The zero-order valence-corrected chi connectivity index (χ0v) is 10.4. The van der Waals surface area contributed by atoms with Crippen LogP contribution in [0, 0.1) is 5.82 Å². The second-order valence-electron chi connectivity index (χ2n) is 4.02. The van der Waals surface area contributed by atoms with Crippen molar-refractivity contribution in [2.45, 2.75) is 6.04 Å². The number of amides is 1. The van der Waals surface area contributed by atoms with Crippen molar-refractivity contribution >= 4 is 17.5 Å². The number of phenols is 1. The molecule has 1 saturated heterocycles. The van der Waals surface area contributed by atoms with Crippen molar-refractivity contribution in [3.63, 3.8) is 0 Å². The third-order valence-electron chi connectivity index (χ3n) is 2.87. The van der Waals surface area contributed by atoms with E-state index in [0.29, 0.717) is 19.8 Å². The molecule has 4 nitrogen and oxygen atoms in total. The van der Waals surface area contributed by atoms with Crippen molar-refractivity contribution in [1.82, 2.24) is 4.90 Å². The van der Waals surface area contributed by atoms with E-state index in [9.17, 15) is 14.3 Å². The van der Waals surface area contributed by atoms with Crippen molar-refractivity contribution < 1.29 is 19.0 Å². The van der Waals surface area contributed by atoms with Gasteiger partial charge < -0.3 is 14.7 Å². The molecule has 1 aromatic carbocycles. The van der Waals surface area contributed by atoms with E-state index in [-0.39, 0.29) is 23.2 Å². The van der Waals surface area contributed by atoms with Gasteiger partial charge in [-0.15, -0.1) is 11.6 Å². The van der Waals surface area contributed by atoms with Gasteiger partial charge in [-0.05, 0) is 12.1 Å². The highest BCUT2D eigenvalue weighted by Gasteiger charge is 2.30. The summed E-state index contributed by atoms with van der Waals surface area (Å²) in [4.78, 5) is 13.7. The lowest BCUT2D eigenvalue weighted by Gasteiger charge is -2.34. The summed E-state index contributed by atoms with van der Waals surface area (Å²) in [5.41, 5.74) is -0.311. The van der Waals surface area contributed by atoms with Crippen molar-refractivity contribution in [2.24, 2.45) is 0 Å². The quantitative estimate of drug-likeness (QED) is 0.833. The molecule has 18 heavy (non-hydrogen) atoms. The minimum absolute atomic E-state index is 0.209. The Kier molecular flexibility index (Phi) is 4.04. The average Bonchev–Trinajstić information content (AvgIpc) is 2.38. The fourth-order valence-corrected chi connectivity index (χ4v) is 2.17. The van der Waals surface area contributed by atoms with Gasteiger partial charge in [0.15, 0.2) is 0 Å². The second kappa shape index (κ2) is 5.54. The molecule has 0 radical (unpaired) electrons. The molecule has 0 aromatic heterocycles. The Morgan fingerprint density at radius 1 is 1.61 bits per heavy atom. The summed E-state index contributed by atoms with van der Waals surface area (Å²) in [6.07, 6.45) is 0. The van der Waals surface area contributed by atoms with Crippen LogP contribution >= 0.6 is 11.6 Å². The molecule has 1 aliphatic heterocycles. The first-order valence-electron chi connectivity index (χ1n) is 5.57. The molecule has 1 aromatic rings. The summed E-state index contributed by atoms with van der Waals surface area (Å²) in [6, 6.07) is 3.47. The summed E-state index contributed by atoms with van der Waals surface area (Å²) in [5, 5.41) is 9.60. The number of hydrogen-bond donors (Lipinski definition) is 1. The predicted molar refractivity (Wildman–Crippen MR) is 64.4 cm³/mol. The number of rotatable bonds is 2. The Morgan fingerprint density at radius 3 is 3.06 bits per heavy atom. The maximum absolute atomic E-state index is 13.6. The number of morpholine rings is 1. The van der Waals surface area contributed by atoms with Gasteiger partial charge >= 0.3 is 0 Å². The number of ether oxygens (including phenoxy) is 1. The monoisotopic (exact) mass is 273 g/mol. The van der Waals surface area contributed by atoms with E-state index < -0.39 is 11.7 Å². The number of carbonyl (C=O) groups is 1. The van der Waals surface area contributed by atoms with E-state index in [0.717, 1.165) is 6.07 Å². The highest BCUT2D eigenvalue weighted by molar-refractivity contribution is 6.18. The van der Waals surface area contributed by atoms with Crippen LogP contribution in [0.1, 0.15) is 10.4 Å². The number of benzene rings is 1. The van der Waals surface area contributed by atoms with E-state index in [4.69, 9.17) is 16.3 Å². The van der Waals surface area contributed by atoms with Crippen LogP contribution < -0.4 is 0 Å². The van der Waals surface area contributed by atoms with Crippen molar-refractivity contribution in [2.75, 3.05) is 25.6 Å². The molecule has 2 rings (SSSR count). The smallest absolute Gasteiger partial charge is 0.261 e. The summed E-state index contributed by atoms with van der Waals surface area (Å²) < 4.78 is 18.8. The van der Waals surface area contributed by atoms with Crippen molar-refractivity contribution in [1.29, 1.82) is 0 Å². The van der Waals surface area contributed by atoms with Crippen LogP contribution in [-0.2, 0) is 4.74 Å². The third kappa shape index (κ3) is 2.42. The first kappa shape index (κ1) is 13.1. The standard InChI is InChI=1S/C12H13ClFNO3/c13-6-8-7-18-5-4-15(8)12(17)11-9(14)2-1-3-10(11)16/h1-3,8,16H,4-7H2. The fourth-order valence-electron chi connectivity index (χ4n) is 1.92. The number of hydrogen-bond acceptors (Lipinski definition) is 3. The molecule has 1 heterocycles. The number of alkyl halides is 1. The Bertz CT molecular complexity index is 435. The van der Waals surface area contributed by atoms with Crippen LogP contribution in [0.5, 0.6) is 5.75 Å². The van der Waals surface area contributed by atoms with E-state index in [2.05, 4.69) is 0 Å². The fraction of sp³-hybridized carbons (Fsp3) is 0.417. The molecule has 0 spiro atoms. The van der Waals surface area contributed by atoms with Crippen LogP contribution in [0.4, 0.5) is 4.39 Å². The summed E-state index contributed by atoms with van der Waals surface area (Å²) in [7, 11) is 0. The zero-order valence-electron chi connectivity index (χ0n) is 9.60. The molecular weight excluding hydrogens is 261 g/mol. The van der Waals surface area contributed by atoms with Gasteiger partial charge in [-0.1, -0.05) is 6.07 Å². The van der Waals surface area contributed by atoms with E-state index in [1.165, 1.54) is 17.0 Å². The first-order chi connectivity index (χ1) is 8.65. The summed E-state index contributed by atoms with van der Waals surface area (Å²) >= 11 is 5.76. The highest BCUT2D eigenvalue weighted by Crippen LogP contribution is 2.23. The minimum atomic E-state index is -0.736. The van der Waals surface area contributed by atoms with E-state index in [1.807, 2.05) is 0 Å². The lowest BCUT2D eigenvalue weighted by atomic mass is 10.1.